The van der Waals surface area contributed by atoms with Crippen molar-refractivity contribution in [1.82, 2.24) is 24.7 Å². The van der Waals surface area contributed by atoms with E-state index in [0.29, 0.717) is 6.54 Å². The average Bonchev–Trinajstić information content (AvgIpc) is 3.28. The highest BCUT2D eigenvalue weighted by molar-refractivity contribution is 7.99. The molecule has 0 fully saturated rings. The maximum atomic E-state index is 5.78. The van der Waals surface area contributed by atoms with Gasteiger partial charge in [0.05, 0.1) is 11.9 Å². The standard InChI is InChI=1S/C19H20N6S2/c1-4-25-15(8-20)23-24-19(25)27-18-16-14(9-26-17(16)21-10-22-18)13-6-5-11(2)12(3)7-13/h5-7,9-10H,4,8,20H2,1-3H3. The van der Waals surface area contributed by atoms with E-state index in [0.717, 1.165) is 38.3 Å². The van der Waals surface area contributed by atoms with Gasteiger partial charge in [-0.15, -0.1) is 21.5 Å². The topological polar surface area (TPSA) is 82.5 Å². The summed E-state index contributed by atoms with van der Waals surface area (Å²) in [6, 6.07) is 6.54. The quantitative estimate of drug-likeness (QED) is 0.509. The lowest BCUT2D eigenvalue weighted by Crippen LogP contribution is -2.08. The van der Waals surface area contributed by atoms with Crippen LogP contribution in [0.15, 0.2) is 40.1 Å². The van der Waals surface area contributed by atoms with Gasteiger partial charge in [0.1, 0.15) is 22.0 Å². The van der Waals surface area contributed by atoms with E-state index in [9.17, 15) is 0 Å². The Hall–Kier alpha value is -2.29. The fraction of sp³-hybridized carbons (Fsp3) is 0.263. The monoisotopic (exact) mass is 396 g/mol. The molecular weight excluding hydrogens is 376 g/mol. The highest BCUT2D eigenvalue weighted by Gasteiger charge is 2.18. The van der Waals surface area contributed by atoms with Crippen LogP contribution < -0.4 is 5.73 Å². The molecule has 0 radical (unpaired) electrons. The van der Waals surface area contributed by atoms with Crippen molar-refractivity contribution in [2.24, 2.45) is 5.73 Å². The Balaban J connectivity index is 1.83. The Kier molecular flexibility index (Phi) is 4.94. The predicted octanol–water partition coefficient (Wildman–Crippen LogP) is 4.20. The fourth-order valence-electron chi connectivity index (χ4n) is 3.00. The molecule has 0 aliphatic heterocycles. The molecule has 8 heteroatoms. The maximum Gasteiger partial charge on any atom is 0.197 e. The molecule has 6 nitrogen and oxygen atoms in total. The highest BCUT2D eigenvalue weighted by Crippen LogP contribution is 2.40. The molecule has 0 saturated carbocycles. The van der Waals surface area contributed by atoms with Crippen LogP contribution in [0.25, 0.3) is 21.3 Å². The number of nitrogens with two attached hydrogens (primary N) is 1. The number of aromatic nitrogens is 5. The maximum absolute atomic E-state index is 5.78. The highest BCUT2D eigenvalue weighted by atomic mass is 32.2. The van der Waals surface area contributed by atoms with E-state index in [-0.39, 0.29) is 0 Å². The molecule has 2 N–H and O–H groups in total. The lowest BCUT2D eigenvalue weighted by Gasteiger charge is -2.08. The van der Waals surface area contributed by atoms with Crippen molar-refractivity contribution in [1.29, 1.82) is 0 Å². The number of aryl methyl sites for hydroxylation is 2. The summed E-state index contributed by atoms with van der Waals surface area (Å²) < 4.78 is 2.03. The van der Waals surface area contributed by atoms with E-state index in [1.807, 2.05) is 4.57 Å². The summed E-state index contributed by atoms with van der Waals surface area (Å²) in [4.78, 5) is 10.00. The van der Waals surface area contributed by atoms with Gasteiger partial charge in [0.2, 0.25) is 0 Å². The van der Waals surface area contributed by atoms with Gasteiger partial charge in [-0.2, -0.15) is 0 Å². The molecule has 0 aliphatic carbocycles. The summed E-state index contributed by atoms with van der Waals surface area (Å²) in [6.45, 7) is 7.46. The molecule has 0 amide bonds. The zero-order chi connectivity index (χ0) is 19.0. The fourth-order valence-corrected chi connectivity index (χ4v) is 4.98. The summed E-state index contributed by atoms with van der Waals surface area (Å²) >= 11 is 3.15. The van der Waals surface area contributed by atoms with E-state index >= 15 is 0 Å². The Morgan fingerprint density at radius 2 is 2.00 bits per heavy atom. The molecule has 3 heterocycles. The SMILES string of the molecule is CCn1c(CN)nnc1Sc1ncnc2scc(-c3ccc(C)c(C)c3)c12. The average molecular weight is 397 g/mol. The number of thiophene rings is 1. The van der Waals surface area contributed by atoms with Gasteiger partial charge in [0.25, 0.3) is 0 Å². The van der Waals surface area contributed by atoms with Crippen LogP contribution in [0.3, 0.4) is 0 Å². The summed E-state index contributed by atoms with van der Waals surface area (Å²) in [7, 11) is 0. The largest absolute Gasteiger partial charge is 0.324 e. The molecule has 4 aromatic rings. The van der Waals surface area contributed by atoms with Crippen LogP contribution in [-0.4, -0.2) is 24.7 Å². The van der Waals surface area contributed by atoms with Gasteiger partial charge in [-0.3, -0.25) is 0 Å². The van der Waals surface area contributed by atoms with Crippen LogP contribution >= 0.6 is 23.1 Å². The van der Waals surface area contributed by atoms with Crippen LogP contribution in [0, 0.1) is 13.8 Å². The van der Waals surface area contributed by atoms with Crippen LogP contribution in [0.2, 0.25) is 0 Å². The number of hydrogen-bond donors (Lipinski definition) is 1. The first-order valence-electron chi connectivity index (χ1n) is 8.72. The lowest BCUT2D eigenvalue weighted by molar-refractivity contribution is 0.642. The van der Waals surface area contributed by atoms with Gasteiger partial charge < -0.3 is 10.3 Å². The molecule has 4 rings (SSSR count). The molecule has 0 unspecified atom stereocenters. The molecular formula is C19H20N6S2. The van der Waals surface area contributed by atoms with Crippen molar-refractivity contribution in [3.05, 3.63) is 46.9 Å². The Labute approximate surface area is 165 Å². The molecule has 138 valence electrons. The van der Waals surface area contributed by atoms with Gasteiger partial charge in [-0.05, 0) is 49.2 Å². The zero-order valence-electron chi connectivity index (χ0n) is 15.4. The Bertz CT molecular complexity index is 1110. The van der Waals surface area contributed by atoms with Crippen molar-refractivity contribution in [2.75, 3.05) is 0 Å². The van der Waals surface area contributed by atoms with E-state index < -0.39 is 0 Å². The minimum atomic E-state index is 0.368. The van der Waals surface area contributed by atoms with E-state index in [1.54, 1.807) is 17.7 Å². The lowest BCUT2D eigenvalue weighted by atomic mass is 10.0. The third-order valence-electron chi connectivity index (χ3n) is 4.63. The van der Waals surface area contributed by atoms with Gasteiger partial charge in [0, 0.05) is 17.5 Å². The third kappa shape index (κ3) is 3.24. The zero-order valence-corrected chi connectivity index (χ0v) is 17.1. The number of nitrogens with zero attached hydrogens (tertiary/aromatic N) is 5. The summed E-state index contributed by atoms with van der Waals surface area (Å²) in [5.41, 5.74) is 10.7. The second-order valence-electron chi connectivity index (χ2n) is 6.26. The first-order chi connectivity index (χ1) is 13.1. The van der Waals surface area contributed by atoms with Crippen LogP contribution in [0.1, 0.15) is 23.9 Å². The van der Waals surface area contributed by atoms with Crippen molar-refractivity contribution in [2.45, 2.75) is 44.0 Å². The van der Waals surface area contributed by atoms with Crippen LogP contribution in [0.4, 0.5) is 0 Å². The first kappa shape index (κ1) is 18.1. The normalized spacial score (nSPS) is 11.4. The Morgan fingerprint density at radius 3 is 2.74 bits per heavy atom. The molecule has 1 aromatic carbocycles. The number of benzene rings is 1. The second kappa shape index (κ2) is 7.38. The molecule has 0 bridgehead atoms. The molecule has 0 aliphatic rings. The molecule has 3 aromatic heterocycles. The van der Waals surface area contributed by atoms with Gasteiger partial charge in [0.15, 0.2) is 5.16 Å². The minimum Gasteiger partial charge on any atom is -0.324 e. The molecule has 27 heavy (non-hydrogen) atoms. The van der Waals surface area contributed by atoms with Crippen molar-refractivity contribution in [3.63, 3.8) is 0 Å². The van der Waals surface area contributed by atoms with E-state index in [4.69, 9.17) is 5.73 Å². The van der Waals surface area contributed by atoms with Gasteiger partial charge in [-0.25, -0.2) is 9.97 Å². The first-order valence-corrected chi connectivity index (χ1v) is 10.4. The number of fused-ring (bicyclic) bond motifs is 1. The predicted molar refractivity (Wildman–Crippen MR) is 110 cm³/mol. The molecule has 0 atom stereocenters. The van der Waals surface area contributed by atoms with Crippen LogP contribution in [0.5, 0.6) is 0 Å². The smallest absolute Gasteiger partial charge is 0.197 e. The van der Waals surface area contributed by atoms with Gasteiger partial charge >= 0.3 is 0 Å². The molecule has 0 saturated heterocycles. The van der Waals surface area contributed by atoms with E-state index in [1.165, 1.54) is 28.5 Å². The summed E-state index contributed by atoms with van der Waals surface area (Å²) in [5.74, 6) is 0.782. The number of hydrogen-bond acceptors (Lipinski definition) is 7. The van der Waals surface area contributed by atoms with Crippen molar-refractivity contribution in [3.8, 4) is 11.1 Å². The van der Waals surface area contributed by atoms with Crippen molar-refractivity contribution < 1.29 is 0 Å². The van der Waals surface area contributed by atoms with Crippen molar-refractivity contribution >= 4 is 33.3 Å². The summed E-state index contributed by atoms with van der Waals surface area (Å²) in [5, 5.41) is 13.4. The minimum absolute atomic E-state index is 0.368. The molecule has 0 spiro atoms. The second-order valence-corrected chi connectivity index (χ2v) is 8.07. The number of rotatable bonds is 5. The van der Waals surface area contributed by atoms with E-state index in [2.05, 4.69) is 64.5 Å². The third-order valence-corrected chi connectivity index (χ3v) is 6.51. The Morgan fingerprint density at radius 1 is 1.15 bits per heavy atom. The van der Waals surface area contributed by atoms with Crippen LogP contribution in [-0.2, 0) is 13.1 Å². The van der Waals surface area contributed by atoms with Gasteiger partial charge in [-0.1, -0.05) is 18.2 Å². The summed E-state index contributed by atoms with van der Waals surface area (Å²) in [6.07, 6.45) is 1.61.